The van der Waals surface area contributed by atoms with E-state index in [2.05, 4.69) is 20.4 Å². The molecule has 0 aromatic rings. The van der Waals surface area contributed by atoms with Gasteiger partial charge in [-0.2, -0.15) is 0 Å². The average Bonchev–Trinajstić information content (AvgIpc) is 2.56. The van der Waals surface area contributed by atoms with Crippen molar-refractivity contribution in [2.45, 2.75) is 123 Å². The largest absolute Gasteiger partial charge is 0.378 e. The van der Waals surface area contributed by atoms with Crippen molar-refractivity contribution in [1.82, 2.24) is 0 Å². The molecule has 0 saturated heterocycles. The maximum Gasteiger partial charge on any atom is 0.0609 e. The molecule has 138 valence electrons. The molecular formula is C22H44O. The summed E-state index contributed by atoms with van der Waals surface area (Å²) in [5, 5.41) is 0. The topological polar surface area (TPSA) is 9.23 Å². The van der Waals surface area contributed by atoms with E-state index in [1.54, 1.807) is 0 Å². The van der Waals surface area contributed by atoms with Gasteiger partial charge in [0.05, 0.1) is 6.10 Å². The molecule has 0 rings (SSSR count). The Morgan fingerprint density at radius 1 is 0.696 bits per heavy atom. The highest BCUT2D eigenvalue weighted by Gasteiger charge is 2.06. The van der Waals surface area contributed by atoms with Crippen LogP contribution in [0.4, 0.5) is 0 Å². The van der Waals surface area contributed by atoms with E-state index in [4.69, 9.17) is 4.74 Å². The standard InChI is InChI=1S/C22H44O/c1-4-7-9-10-11-12-13-14-15-16-17-20-22(19-6-3)23-21-18-8-5-2/h6,22H,3-5,7-21H2,1-2H3. The van der Waals surface area contributed by atoms with E-state index in [0.717, 1.165) is 13.0 Å². The lowest BCUT2D eigenvalue weighted by atomic mass is 10.0. The molecule has 1 nitrogen and oxygen atoms in total. The highest BCUT2D eigenvalue weighted by Crippen LogP contribution is 2.15. The van der Waals surface area contributed by atoms with Crippen molar-refractivity contribution in [1.29, 1.82) is 0 Å². The van der Waals surface area contributed by atoms with E-state index in [0.29, 0.717) is 6.10 Å². The molecule has 23 heavy (non-hydrogen) atoms. The van der Waals surface area contributed by atoms with Gasteiger partial charge in [0.1, 0.15) is 0 Å². The minimum Gasteiger partial charge on any atom is -0.378 e. The normalized spacial score (nSPS) is 12.4. The van der Waals surface area contributed by atoms with Gasteiger partial charge in [-0.25, -0.2) is 0 Å². The first-order valence-electron chi connectivity index (χ1n) is 10.6. The maximum absolute atomic E-state index is 6.01. The van der Waals surface area contributed by atoms with Crippen LogP contribution in [-0.4, -0.2) is 12.7 Å². The van der Waals surface area contributed by atoms with Crippen molar-refractivity contribution in [2.75, 3.05) is 6.61 Å². The number of ether oxygens (including phenoxy) is 1. The van der Waals surface area contributed by atoms with E-state index in [1.165, 1.54) is 96.3 Å². The third-order valence-electron chi connectivity index (χ3n) is 4.66. The zero-order valence-corrected chi connectivity index (χ0v) is 16.3. The van der Waals surface area contributed by atoms with Crippen LogP contribution in [0.25, 0.3) is 0 Å². The Labute approximate surface area is 147 Å². The van der Waals surface area contributed by atoms with Crippen LogP contribution < -0.4 is 0 Å². The van der Waals surface area contributed by atoms with Crippen molar-refractivity contribution in [3.8, 4) is 0 Å². The Balaban J connectivity index is 3.36. The van der Waals surface area contributed by atoms with Crippen LogP contribution in [0.3, 0.4) is 0 Å². The predicted molar refractivity (Wildman–Crippen MR) is 105 cm³/mol. The minimum atomic E-state index is 0.419. The van der Waals surface area contributed by atoms with Gasteiger partial charge in [0, 0.05) is 6.61 Å². The first kappa shape index (κ1) is 22.7. The second-order valence-corrected chi connectivity index (χ2v) is 7.05. The van der Waals surface area contributed by atoms with Crippen molar-refractivity contribution >= 4 is 0 Å². The molecule has 0 saturated carbocycles. The second kappa shape index (κ2) is 19.7. The molecule has 0 spiro atoms. The minimum absolute atomic E-state index is 0.419. The smallest absolute Gasteiger partial charge is 0.0609 e. The Morgan fingerprint density at radius 3 is 1.70 bits per heavy atom. The monoisotopic (exact) mass is 324 g/mol. The van der Waals surface area contributed by atoms with Gasteiger partial charge in [0.25, 0.3) is 0 Å². The molecule has 0 fully saturated rings. The van der Waals surface area contributed by atoms with Crippen LogP contribution in [0, 0.1) is 0 Å². The lowest BCUT2D eigenvalue weighted by Gasteiger charge is -2.16. The summed E-state index contributed by atoms with van der Waals surface area (Å²) < 4.78 is 6.01. The fraction of sp³-hybridized carbons (Fsp3) is 0.909. The number of hydrogen-bond acceptors (Lipinski definition) is 1. The molecule has 0 aliphatic carbocycles. The van der Waals surface area contributed by atoms with Gasteiger partial charge < -0.3 is 4.74 Å². The van der Waals surface area contributed by atoms with Gasteiger partial charge in [-0.3, -0.25) is 0 Å². The van der Waals surface area contributed by atoms with Crippen LogP contribution >= 0.6 is 0 Å². The summed E-state index contributed by atoms with van der Waals surface area (Å²) in [6.07, 6.45) is 24.0. The van der Waals surface area contributed by atoms with E-state index in [-0.39, 0.29) is 0 Å². The highest BCUT2D eigenvalue weighted by molar-refractivity contribution is 4.73. The van der Waals surface area contributed by atoms with Gasteiger partial charge in [-0.1, -0.05) is 103 Å². The highest BCUT2D eigenvalue weighted by atomic mass is 16.5. The molecule has 1 heteroatoms. The SMILES string of the molecule is C=CCC(CCCCCCCCCCCCC)OCCCCC. The molecule has 1 atom stereocenters. The fourth-order valence-corrected chi connectivity index (χ4v) is 3.09. The first-order valence-corrected chi connectivity index (χ1v) is 10.6. The fourth-order valence-electron chi connectivity index (χ4n) is 3.09. The maximum atomic E-state index is 6.01. The molecule has 0 aromatic carbocycles. The van der Waals surface area contributed by atoms with Crippen molar-refractivity contribution in [2.24, 2.45) is 0 Å². The summed E-state index contributed by atoms with van der Waals surface area (Å²) in [5.41, 5.74) is 0. The van der Waals surface area contributed by atoms with Crippen LogP contribution in [0.1, 0.15) is 117 Å². The molecule has 0 radical (unpaired) electrons. The molecule has 0 heterocycles. The molecule has 0 aliphatic rings. The molecular weight excluding hydrogens is 280 g/mol. The lowest BCUT2D eigenvalue weighted by Crippen LogP contribution is -2.13. The third-order valence-corrected chi connectivity index (χ3v) is 4.66. The quantitative estimate of drug-likeness (QED) is 0.174. The number of hydrogen-bond donors (Lipinski definition) is 0. The van der Waals surface area contributed by atoms with E-state index in [9.17, 15) is 0 Å². The van der Waals surface area contributed by atoms with Crippen LogP contribution in [0.5, 0.6) is 0 Å². The van der Waals surface area contributed by atoms with E-state index >= 15 is 0 Å². The van der Waals surface area contributed by atoms with Crippen molar-refractivity contribution in [3.05, 3.63) is 12.7 Å². The third kappa shape index (κ3) is 17.9. The zero-order chi connectivity index (χ0) is 17.0. The van der Waals surface area contributed by atoms with Crippen LogP contribution in [0.15, 0.2) is 12.7 Å². The average molecular weight is 325 g/mol. The summed E-state index contributed by atoms with van der Waals surface area (Å²) in [5.74, 6) is 0. The van der Waals surface area contributed by atoms with Gasteiger partial charge >= 0.3 is 0 Å². The summed E-state index contributed by atoms with van der Waals surface area (Å²) in [6, 6.07) is 0. The molecule has 0 bridgehead atoms. The lowest BCUT2D eigenvalue weighted by molar-refractivity contribution is 0.0453. The van der Waals surface area contributed by atoms with E-state index < -0.39 is 0 Å². The van der Waals surface area contributed by atoms with Gasteiger partial charge in [-0.15, -0.1) is 6.58 Å². The van der Waals surface area contributed by atoms with Gasteiger partial charge in [0.2, 0.25) is 0 Å². The van der Waals surface area contributed by atoms with Crippen LogP contribution in [-0.2, 0) is 4.74 Å². The summed E-state index contributed by atoms with van der Waals surface area (Å²) in [4.78, 5) is 0. The van der Waals surface area contributed by atoms with Crippen molar-refractivity contribution in [3.63, 3.8) is 0 Å². The molecule has 0 aliphatic heterocycles. The Bertz CT molecular complexity index is 224. The van der Waals surface area contributed by atoms with Gasteiger partial charge in [0.15, 0.2) is 0 Å². The predicted octanol–water partition coefficient (Wildman–Crippen LogP) is 7.84. The summed E-state index contributed by atoms with van der Waals surface area (Å²) in [7, 11) is 0. The van der Waals surface area contributed by atoms with E-state index in [1.807, 2.05) is 6.08 Å². The number of rotatable bonds is 19. The Hall–Kier alpha value is -0.300. The second-order valence-electron chi connectivity index (χ2n) is 7.05. The van der Waals surface area contributed by atoms with Gasteiger partial charge in [-0.05, 0) is 19.3 Å². The molecule has 0 amide bonds. The Kier molecular flexibility index (Phi) is 19.5. The zero-order valence-electron chi connectivity index (χ0n) is 16.3. The first-order chi connectivity index (χ1) is 11.3. The molecule has 0 N–H and O–H groups in total. The summed E-state index contributed by atoms with van der Waals surface area (Å²) >= 11 is 0. The number of unbranched alkanes of at least 4 members (excludes halogenated alkanes) is 12. The Morgan fingerprint density at radius 2 is 1.17 bits per heavy atom. The van der Waals surface area contributed by atoms with Crippen molar-refractivity contribution < 1.29 is 4.74 Å². The molecule has 1 unspecified atom stereocenters. The van der Waals surface area contributed by atoms with Crippen LogP contribution in [0.2, 0.25) is 0 Å². The summed E-state index contributed by atoms with van der Waals surface area (Å²) in [6.45, 7) is 9.33. The molecule has 0 aromatic heterocycles.